The van der Waals surface area contributed by atoms with E-state index in [1.807, 2.05) is 0 Å². The Morgan fingerprint density at radius 1 is 0.690 bits per heavy atom. The summed E-state index contributed by atoms with van der Waals surface area (Å²) in [4.78, 5) is 4.88. The lowest BCUT2D eigenvalue weighted by molar-refractivity contribution is 0.320. The van der Waals surface area contributed by atoms with Crippen LogP contribution in [0.5, 0.6) is 0 Å². The number of hydrogen-bond acceptors (Lipinski definition) is 2. The van der Waals surface area contributed by atoms with Gasteiger partial charge >= 0.3 is 0 Å². The minimum atomic E-state index is 0.215. The summed E-state index contributed by atoms with van der Waals surface area (Å²) in [5.41, 5.74) is 6.00. The van der Waals surface area contributed by atoms with Crippen LogP contribution in [-0.2, 0) is 5.41 Å². The van der Waals surface area contributed by atoms with E-state index in [1.54, 1.807) is 0 Å². The Morgan fingerprint density at radius 2 is 1.14 bits per heavy atom. The van der Waals surface area contributed by atoms with Gasteiger partial charge in [-0.25, -0.2) is 0 Å². The van der Waals surface area contributed by atoms with Crippen LogP contribution >= 0.6 is 0 Å². The molecule has 0 saturated heterocycles. The predicted molar refractivity (Wildman–Crippen MR) is 126 cm³/mol. The predicted octanol–water partition coefficient (Wildman–Crippen LogP) is 6.49. The highest BCUT2D eigenvalue weighted by molar-refractivity contribution is 5.54. The zero-order valence-corrected chi connectivity index (χ0v) is 18.8. The van der Waals surface area contributed by atoms with E-state index in [-0.39, 0.29) is 5.41 Å². The maximum atomic E-state index is 2.44. The number of fused-ring (bicyclic) bond motifs is 2. The molecular weight excluding hydrogens is 352 g/mol. The van der Waals surface area contributed by atoms with Crippen LogP contribution in [0.15, 0.2) is 48.5 Å². The fourth-order valence-electron chi connectivity index (χ4n) is 6.32. The van der Waals surface area contributed by atoms with Gasteiger partial charge in [0.1, 0.15) is 0 Å². The minimum absolute atomic E-state index is 0.215. The van der Waals surface area contributed by atoms with Crippen molar-refractivity contribution >= 4 is 11.4 Å². The fourth-order valence-corrected chi connectivity index (χ4v) is 6.32. The largest absolute Gasteiger partial charge is 0.372 e. The molecule has 4 rings (SSSR count). The monoisotopic (exact) mass is 390 g/mol. The highest BCUT2D eigenvalue weighted by atomic mass is 15.1. The van der Waals surface area contributed by atoms with Crippen LogP contribution in [0.2, 0.25) is 0 Å². The molecular formula is C27H38N2. The maximum Gasteiger partial charge on any atom is 0.0366 e. The zero-order chi connectivity index (χ0) is 20.4. The summed E-state index contributed by atoms with van der Waals surface area (Å²) in [5, 5.41) is 0. The SMILES string of the molecule is CCN(CC)c1ccc(C2(c3ccc(N(CC)CC)cc3)CC3CCC2C3)cc1. The normalized spacial score (nSPS) is 22.1. The third-order valence-electron chi connectivity index (χ3n) is 7.87. The van der Waals surface area contributed by atoms with Gasteiger partial charge in [0.05, 0.1) is 0 Å². The Balaban J connectivity index is 1.71. The van der Waals surface area contributed by atoms with Crippen molar-refractivity contribution in [3.63, 3.8) is 0 Å². The first-order valence-corrected chi connectivity index (χ1v) is 11.9. The van der Waals surface area contributed by atoms with Crippen LogP contribution in [0.4, 0.5) is 11.4 Å². The standard InChI is InChI=1S/C27H38N2/c1-5-28(6-2)25-15-11-22(12-16-25)27(20-21-9-10-24(27)19-21)23-13-17-26(18-14-23)29(7-3)8-4/h11-18,21,24H,5-10,19-20H2,1-4H3. The van der Waals surface area contributed by atoms with Gasteiger partial charge in [-0.05, 0) is 94.2 Å². The van der Waals surface area contributed by atoms with Crippen LogP contribution in [0, 0.1) is 11.8 Å². The van der Waals surface area contributed by atoms with Crippen LogP contribution in [0.25, 0.3) is 0 Å². The van der Waals surface area contributed by atoms with Gasteiger partial charge in [0.25, 0.3) is 0 Å². The Hall–Kier alpha value is -1.96. The summed E-state index contributed by atoms with van der Waals surface area (Å²) in [6.45, 7) is 13.2. The number of anilines is 2. The smallest absolute Gasteiger partial charge is 0.0366 e. The molecule has 2 unspecified atom stereocenters. The molecule has 2 fully saturated rings. The van der Waals surface area contributed by atoms with Crippen molar-refractivity contribution in [2.75, 3.05) is 36.0 Å². The molecule has 2 saturated carbocycles. The second kappa shape index (κ2) is 8.42. The number of nitrogens with zero attached hydrogens (tertiary/aromatic N) is 2. The van der Waals surface area contributed by atoms with Crippen molar-refractivity contribution in [3.05, 3.63) is 59.7 Å². The lowest BCUT2D eigenvalue weighted by Crippen LogP contribution is -2.34. The average Bonchev–Trinajstić information content (AvgIpc) is 3.39. The highest BCUT2D eigenvalue weighted by Gasteiger charge is 2.52. The average molecular weight is 391 g/mol. The molecule has 156 valence electrons. The van der Waals surface area contributed by atoms with Crippen molar-refractivity contribution in [2.45, 2.75) is 58.8 Å². The Bertz CT molecular complexity index is 729. The van der Waals surface area contributed by atoms with Crippen molar-refractivity contribution < 1.29 is 0 Å². The van der Waals surface area contributed by atoms with Crippen molar-refractivity contribution in [1.29, 1.82) is 0 Å². The number of hydrogen-bond donors (Lipinski definition) is 0. The van der Waals surface area contributed by atoms with Gasteiger partial charge in [0.2, 0.25) is 0 Å². The topological polar surface area (TPSA) is 6.48 Å². The van der Waals surface area contributed by atoms with Crippen LogP contribution in [0.3, 0.4) is 0 Å². The zero-order valence-electron chi connectivity index (χ0n) is 18.8. The van der Waals surface area contributed by atoms with Gasteiger partial charge in [-0.15, -0.1) is 0 Å². The number of benzene rings is 2. The molecule has 0 amide bonds. The molecule has 0 aromatic heterocycles. The van der Waals surface area contributed by atoms with E-state index in [4.69, 9.17) is 0 Å². The molecule has 0 radical (unpaired) electrons. The highest BCUT2D eigenvalue weighted by Crippen LogP contribution is 2.60. The molecule has 0 heterocycles. The summed E-state index contributed by atoms with van der Waals surface area (Å²) in [6.07, 6.45) is 5.56. The lowest BCUT2D eigenvalue weighted by Gasteiger charge is -2.40. The minimum Gasteiger partial charge on any atom is -0.372 e. The summed E-state index contributed by atoms with van der Waals surface area (Å²) < 4.78 is 0. The summed E-state index contributed by atoms with van der Waals surface area (Å²) in [6, 6.07) is 19.2. The fraction of sp³-hybridized carbons (Fsp3) is 0.556. The lowest BCUT2D eigenvalue weighted by atomic mass is 9.64. The van der Waals surface area contributed by atoms with Crippen LogP contribution in [0.1, 0.15) is 64.5 Å². The quantitative estimate of drug-likeness (QED) is 0.508. The molecule has 2 aromatic carbocycles. The van der Waals surface area contributed by atoms with Crippen LogP contribution in [-0.4, -0.2) is 26.2 Å². The Morgan fingerprint density at radius 3 is 1.45 bits per heavy atom. The molecule has 0 spiro atoms. The van der Waals surface area contributed by atoms with E-state index >= 15 is 0 Å². The van der Waals surface area contributed by atoms with E-state index in [1.165, 1.54) is 48.2 Å². The molecule has 2 aliphatic carbocycles. The molecule has 0 aliphatic heterocycles. The second-order valence-electron chi connectivity index (χ2n) is 8.99. The van der Waals surface area contributed by atoms with Crippen LogP contribution < -0.4 is 9.80 Å². The van der Waals surface area contributed by atoms with Gasteiger partial charge in [-0.3, -0.25) is 0 Å². The van der Waals surface area contributed by atoms with E-state index in [9.17, 15) is 0 Å². The molecule has 2 atom stereocenters. The maximum absolute atomic E-state index is 2.44. The van der Waals surface area contributed by atoms with Gasteiger partial charge in [-0.2, -0.15) is 0 Å². The van der Waals surface area contributed by atoms with Gasteiger partial charge < -0.3 is 9.80 Å². The third kappa shape index (κ3) is 3.45. The Kier molecular flexibility index (Phi) is 5.90. The first-order chi connectivity index (χ1) is 14.2. The first-order valence-electron chi connectivity index (χ1n) is 11.9. The van der Waals surface area contributed by atoms with Gasteiger partial charge in [0.15, 0.2) is 0 Å². The summed E-state index contributed by atoms with van der Waals surface area (Å²) in [5.74, 6) is 1.70. The van der Waals surface area contributed by atoms with E-state index in [0.29, 0.717) is 0 Å². The molecule has 2 aliphatic rings. The molecule has 2 bridgehead atoms. The van der Waals surface area contributed by atoms with E-state index < -0.39 is 0 Å². The first kappa shape index (κ1) is 20.3. The van der Waals surface area contributed by atoms with Crippen molar-refractivity contribution in [1.82, 2.24) is 0 Å². The van der Waals surface area contributed by atoms with Crippen molar-refractivity contribution in [3.8, 4) is 0 Å². The second-order valence-corrected chi connectivity index (χ2v) is 8.99. The van der Waals surface area contributed by atoms with E-state index in [2.05, 4.69) is 86.0 Å². The van der Waals surface area contributed by atoms with E-state index in [0.717, 1.165) is 38.0 Å². The van der Waals surface area contributed by atoms with Gasteiger partial charge in [-0.1, -0.05) is 30.7 Å². The van der Waals surface area contributed by atoms with Gasteiger partial charge in [0, 0.05) is 43.0 Å². The molecule has 2 nitrogen and oxygen atoms in total. The summed E-state index contributed by atoms with van der Waals surface area (Å²) in [7, 11) is 0. The molecule has 2 heteroatoms. The third-order valence-corrected chi connectivity index (χ3v) is 7.87. The Labute approximate surface area is 177 Å². The van der Waals surface area contributed by atoms with Crippen molar-refractivity contribution in [2.24, 2.45) is 11.8 Å². The molecule has 0 N–H and O–H groups in total. The summed E-state index contributed by atoms with van der Waals surface area (Å²) >= 11 is 0. The molecule has 29 heavy (non-hydrogen) atoms. The number of rotatable bonds is 8. The molecule has 2 aromatic rings.